The van der Waals surface area contributed by atoms with Gasteiger partial charge in [0.15, 0.2) is 6.29 Å². The molecule has 1 unspecified atom stereocenters. The largest absolute Gasteiger partial charge is 0.480 e. The van der Waals surface area contributed by atoms with E-state index in [-0.39, 0.29) is 12.3 Å². The highest BCUT2D eigenvalue weighted by atomic mass is 16.7. The van der Waals surface area contributed by atoms with Crippen LogP contribution in [0.1, 0.15) is 32.8 Å². The molecule has 0 bridgehead atoms. The monoisotopic (exact) mass is 402 g/mol. The van der Waals surface area contributed by atoms with Crippen molar-refractivity contribution in [1.82, 2.24) is 4.90 Å². The number of rotatable bonds is 11. The Morgan fingerprint density at radius 2 is 1.69 bits per heavy atom. The minimum absolute atomic E-state index is 0.296. The second-order valence-electron chi connectivity index (χ2n) is 6.83. The van der Waals surface area contributed by atoms with E-state index in [9.17, 15) is 9.59 Å². The van der Waals surface area contributed by atoms with E-state index >= 15 is 0 Å². The van der Waals surface area contributed by atoms with Gasteiger partial charge in [0.2, 0.25) is 5.91 Å². The zero-order valence-electron chi connectivity index (χ0n) is 17.2. The number of carbonyl (C=O) groups is 2. The summed E-state index contributed by atoms with van der Waals surface area (Å²) in [4.78, 5) is 25.8. The van der Waals surface area contributed by atoms with E-state index in [1.165, 1.54) is 0 Å². The van der Waals surface area contributed by atoms with Crippen molar-refractivity contribution in [3.63, 3.8) is 0 Å². The van der Waals surface area contributed by atoms with E-state index < -0.39 is 24.3 Å². The van der Waals surface area contributed by atoms with Crippen molar-refractivity contribution in [2.45, 2.75) is 52.1 Å². The maximum atomic E-state index is 13.0. The second kappa shape index (κ2) is 10.9. The summed E-state index contributed by atoms with van der Waals surface area (Å²) >= 11 is 0. The SMILES string of the molecule is CCOC(OCC)[C@H](C)N(Cc1cccc2ccccc12)C(=O)CC(N)C(=O)O. The number of nitrogens with zero attached hydrogens (tertiary/aromatic N) is 1. The van der Waals surface area contributed by atoms with Crippen molar-refractivity contribution < 1.29 is 24.2 Å². The molecule has 0 saturated carbocycles. The van der Waals surface area contributed by atoms with Crippen molar-refractivity contribution in [3.05, 3.63) is 48.0 Å². The zero-order chi connectivity index (χ0) is 21.4. The molecule has 29 heavy (non-hydrogen) atoms. The maximum Gasteiger partial charge on any atom is 0.321 e. The number of fused-ring (bicyclic) bond motifs is 1. The third-order valence-corrected chi connectivity index (χ3v) is 4.80. The molecule has 0 saturated heterocycles. The van der Waals surface area contributed by atoms with E-state index in [1.54, 1.807) is 4.90 Å². The Bertz CT molecular complexity index is 814. The molecule has 2 atom stereocenters. The number of carbonyl (C=O) groups excluding carboxylic acids is 1. The standard InChI is InChI=1S/C22H30N2O5/c1-4-28-22(29-5-2)15(3)24(20(25)13-19(23)21(26)27)14-17-11-8-10-16-9-6-7-12-18(16)17/h6-12,15,19,22H,4-5,13-14,23H2,1-3H3,(H,26,27)/t15-,19?/m0/s1. The van der Waals surface area contributed by atoms with E-state index in [4.69, 9.17) is 20.3 Å². The van der Waals surface area contributed by atoms with Crippen molar-refractivity contribution in [2.75, 3.05) is 13.2 Å². The summed E-state index contributed by atoms with van der Waals surface area (Å²) in [5.74, 6) is -1.56. The Labute approximate surface area is 171 Å². The number of ether oxygens (including phenoxy) is 2. The normalized spacial score (nSPS) is 13.4. The van der Waals surface area contributed by atoms with Gasteiger partial charge in [-0.15, -0.1) is 0 Å². The van der Waals surface area contributed by atoms with Crippen LogP contribution in [0.4, 0.5) is 0 Å². The molecular formula is C22H30N2O5. The summed E-state index contributed by atoms with van der Waals surface area (Å²) < 4.78 is 11.4. The molecule has 0 aromatic heterocycles. The lowest BCUT2D eigenvalue weighted by atomic mass is 10.0. The topological polar surface area (TPSA) is 102 Å². The number of carboxylic acid groups (broad SMARTS) is 1. The molecule has 7 nitrogen and oxygen atoms in total. The van der Waals surface area contributed by atoms with Gasteiger partial charge in [-0.05, 0) is 37.1 Å². The molecule has 1 amide bonds. The summed E-state index contributed by atoms with van der Waals surface area (Å²) in [6, 6.07) is 12.2. The first-order valence-corrected chi connectivity index (χ1v) is 9.86. The first kappa shape index (κ1) is 22.8. The molecule has 7 heteroatoms. The fraction of sp³-hybridized carbons (Fsp3) is 0.455. The van der Waals surface area contributed by atoms with Crippen LogP contribution < -0.4 is 5.73 Å². The van der Waals surface area contributed by atoms with Gasteiger partial charge in [0.05, 0.1) is 12.5 Å². The predicted octanol–water partition coefficient (Wildman–Crippen LogP) is 2.76. The fourth-order valence-corrected chi connectivity index (χ4v) is 3.27. The highest BCUT2D eigenvalue weighted by Gasteiger charge is 2.30. The molecule has 0 spiro atoms. The fourth-order valence-electron chi connectivity index (χ4n) is 3.27. The number of aliphatic carboxylic acids is 1. The minimum atomic E-state index is -1.26. The molecule has 0 aliphatic heterocycles. The summed E-state index contributed by atoms with van der Waals surface area (Å²) in [5.41, 5.74) is 6.58. The Hall–Kier alpha value is -2.48. The number of carboxylic acids is 1. The molecule has 2 aromatic carbocycles. The Balaban J connectivity index is 2.37. The molecule has 0 heterocycles. The number of nitrogens with two attached hydrogens (primary N) is 1. The van der Waals surface area contributed by atoms with Gasteiger partial charge in [0, 0.05) is 19.8 Å². The smallest absolute Gasteiger partial charge is 0.321 e. The third kappa shape index (κ3) is 6.00. The minimum Gasteiger partial charge on any atom is -0.480 e. The number of amides is 1. The van der Waals surface area contributed by atoms with Crippen LogP contribution in [0, 0.1) is 0 Å². The number of benzene rings is 2. The van der Waals surface area contributed by atoms with Crippen LogP contribution in [-0.2, 0) is 25.6 Å². The van der Waals surface area contributed by atoms with Crippen LogP contribution in [0.2, 0.25) is 0 Å². The van der Waals surface area contributed by atoms with E-state index in [2.05, 4.69) is 0 Å². The summed E-state index contributed by atoms with van der Waals surface area (Å²) in [5, 5.41) is 11.2. The van der Waals surface area contributed by atoms with Crippen LogP contribution in [-0.4, -0.2) is 53.5 Å². The first-order chi connectivity index (χ1) is 13.9. The van der Waals surface area contributed by atoms with Crippen LogP contribution in [0.15, 0.2) is 42.5 Å². The van der Waals surface area contributed by atoms with Crippen LogP contribution in [0.25, 0.3) is 10.8 Å². The summed E-state index contributed by atoms with van der Waals surface area (Å²) in [7, 11) is 0. The average Bonchev–Trinajstić information content (AvgIpc) is 2.71. The lowest BCUT2D eigenvalue weighted by Gasteiger charge is -2.35. The van der Waals surface area contributed by atoms with Crippen molar-refractivity contribution in [3.8, 4) is 0 Å². The van der Waals surface area contributed by atoms with Crippen molar-refractivity contribution >= 4 is 22.6 Å². The van der Waals surface area contributed by atoms with Crippen molar-refractivity contribution in [2.24, 2.45) is 5.73 Å². The van der Waals surface area contributed by atoms with Gasteiger partial charge in [-0.2, -0.15) is 0 Å². The van der Waals surface area contributed by atoms with Gasteiger partial charge < -0.3 is 25.2 Å². The molecule has 3 N–H and O–H groups in total. The van der Waals surface area contributed by atoms with E-state index in [1.807, 2.05) is 63.2 Å². The molecule has 0 aliphatic carbocycles. The second-order valence-corrected chi connectivity index (χ2v) is 6.83. The van der Waals surface area contributed by atoms with Crippen LogP contribution in [0.5, 0.6) is 0 Å². The van der Waals surface area contributed by atoms with Gasteiger partial charge >= 0.3 is 5.97 Å². The Kier molecular flexibility index (Phi) is 8.57. The summed E-state index contributed by atoms with van der Waals surface area (Å²) in [6.07, 6.45) is -0.917. The third-order valence-electron chi connectivity index (χ3n) is 4.80. The van der Waals surface area contributed by atoms with Crippen molar-refractivity contribution in [1.29, 1.82) is 0 Å². The summed E-state index contributed by atoms with van der Waals surface area (Å²) in [6.45, 7) is 6.71. The van der Waals surface area contributed by atoms with E-state index in [0.29, 0.717) is 19.8 Å². The molecule has 0 radical (unpaired) electrons. The zero-order valence-corrected chi connectivity index (χ0v) is 17.2. The van der Waals surface area contributed by atoms with Crippen LogP contribution >= 0.6 is 0 Å². The van der Waals surface area contributed by atoms with Gasteiger partial charge in [-0.1, -0.05) is 42.5 Å². The molecule has 0 aliphatic rings. The van der Waals surface area contributed by atoms with E-state index in [0.717, 1.165) is 16.3 Å². The number of hydrogen-bond donors (Lipinski definition) is 2. The van der Waals surface area contributed by atoms with Crippen LogP contribution in [0.3, 0.4) is 0 Å². The Morgan fingerprint density at radius 1 is 1.07 bits per heavy atom. The molecule has 158 valence electrons. The number of hydrogen-bond acceptors (Lipinski definition) is 5. The molecule has 0 fully saturated rings. The average molecular weight is 402 g/mol. The maximum absolute atomic E-state index is 13.0. The molecular weight excluding hydrogens is 372 g/mol. The Morgan fingerprint density at radius 3 is 2.31 bits per heavy atom. The van der Waals surface area contributed by atoms with Gasteiger partial charge in [-0.3, -0.25) is 9.59 Å². The quantitative estimate of drug-likeness (QED) is 0.561. The van der Waals surface area contributed by atoms with Gasteiger partial charge in [0.25, 0.3) is 0 Å². The molecule has 2 rings (SSSR count). The first-order valence-electron chi connectivity index (χ1n) is 9.86. The van der Waals surface area contributed by atoms with Gasteiger partial charge in [0.1, 0.15) is 6.04 Å². The molecule has 2 aromatic rings. The predicted molar refractivity (Wildman–Crippen MR) is 111 cm³/mol. The van der Waals surface area contributed by atoms with Gasteiger partial charge in [-0.25, -0.2) is 0 Å². The highest BCUT2D eigenvalue weighted by Crippen LogP contribution is 2.23. The highest BCUT2D eigenvalue weighted by molar-refractivity contribution is 5.87. The lowest BCUT2D eigenvalue weighted by Crippen LogP contribution is -2.49. The lowest BCUT2D eigenvalue weighted by molar-refractivity contribution is -0.179.